The van der Waals surface area contributed by atoms with Gasteiger partial charge in [0.25, 0.3) is 0 Å². The van der Waals surface area contributed by atoms with Crippen LogP contribution in [0.15, 0.2) is 36.8 Å². The predicted molar refractivity (Wildman–Crippen MR) is 53.3 cm³/mol. The van der Waals surface area contributed by atoms with E-state index in [9.17, 15) is 0 Å². The highest BCUT2D eigenvalue weighted by atomic mass is 35.5. The highest BCUT2D eigenvalue weighted by Crippen LogP contribution is 2.11. The van der Waals surface area contributed by atoms with Crippen molar-refractivity contribution in [1.29, 1.82) is 0 Å². The van der Waals surface area contributed by atoms with E-state index < -0.39 is 0 Å². The zero-order valence-electron chi connectivity index (χ0n) is 7.24. The molecule has 0 aliphatic carbocycles. The van der Waals surface area contributed by atoms with Gasteiger partial charge in [-0.3, -0.25) is 0 Å². The highest BCUT2D eigenvalue weighted by molar-refractivity contribution is 6.29. The number of hydrogen-bond donors (Lipinski definition) is 0. The smallest absolute Gasteiger partial charge is 0.147 e. The van der Waals surface area contributed by atoms with E-state index in [1.807, 2.05) is 16.7 Å². The minimum atomic E-state index is 0.514. The van der Waals surface area contributed by atoms with Crippen LogP contribution in [0.2, 0.25) is 5.15 Å². The molecular weight excluding hydrogens is 184 g/mol. The van der Waals surface area contributed by atoms with Gasteiger partial charge in [0.1, 0.15) is 11.5 Å². The first-order valence-electron chi connectivity index (χ1n) is 4.02. The van der Waals surface area contributed by atoms with Crippen LogP contribution in [0.4, 0.5) is 0 Å². The van der Waals surface area contributed by atoms with Crippen molar-refractivity contribution in [2.45, 2.75) is 6.92 Å². The second-order valence-electron chi connectivity index (χ2n) is 2.94. The lowest BCUT2D eigenvalue weighted by Gasteiger charge is -2.00. The average molecular weight is 193 g/mol. The quantitative estimate of drug-likeness (QED) is 0.680. The van der Waals surface area contributed by atoms with Gasteiger partial charge in [-0.1, -0.05) is 29.3 Å². The van der Waals surface area contributed by atoms with Gasteiger partial charge < -0.3 is 4.57 Å². The van der Waals surface area contributed by atoms with E-state index in [1.165, 1.54) is 5.56 Å². The molecule has 0 aliphatic rings. The Bertz CT molecular complexity index is 403. The molecule has 0 saturated heterocycles. The summed E-state index contributed by atoms with van der Waals surface area (Å²) in [5, 5.41) is 0.514. The second-order valence-corrected chi connectivity index (χ2v) is 3.33. The summed E-state index contributed by atoms with van der Waals surface area (Å²) in [6.45, 7) is 2.06. The Morgan fingerprint density at radius 2 is 1.92 bits per heavy atom. The monoisotopic (exact) mass is 192 g/mol. The largest absolute Gasteiger partial charge is 0.305 e. The molecule has 0 spiro atoms. The van der Waals surface area contributed by atoms with Gasteiger partial charge in [-0.2, -0.15) is 0 Å². The maximum absolute atomic E-state index is 5.71. The average Bonchev–Trinajstić information content (AvgIpc) is 2.53. The van der Waals surface area contributed by atoms with Gasteiger partial charge in [0, 0.05) is 11.9 Å². The van der Waals surface area contributed by atoms with Crippen molar-refractivity contribution >= 4 is 11.6 Å². The summed E-state index contributed by atoms with van der Waals surface area (Å²) in [4.78, 5) is 3.94. The summed E-state index contributed by atoms with van der Waals surface area (Å²) < 4.78 is 1.89. The standard InChI is InChI=1S/C10H9ClN2/c1-8-2-4-9(5-3-8)13-6-10(11)12-7-13/h2-7H,1H3. The first-order valence-corrected chi connectivity index (χ1v) is 4.40. The van der Waals surface area contributed by atoms with Crippen molar-refractivity contribution in [2.24, 2.45) is 0 Å². The van der Waals surface area contributed by atoms with Crippen molar-refractivity contribution in [1.82, 2.24) is 9.55 Å². The zero-order chi connectivity index (χ0) is 9.26. The van der Waals surface area contributed by atoms with Crippen molar-refractivity contribution in [2.75, 3.05) is 0 Å². The van der Waals surface area contributed by atoms with Crippen LogP contribution < -0.4 is 0 Å². The summed E-state index contributed by atoms with van der Waals surface area (Å²) >= 11 is 5.71. The van der Waals surface area contributed by atoms with E-state index in [-0.39, 0.29) is 0 Å². The summed E-state index contributed by atoms with van der Waals surface area (Å²) in [6, 6.07) is 8.19. The fourth-order valence-electron chi connectivity index (χ4n) is 1.16. The Balaban J connectivity index is 2.41. The maximum Gasteiger partial charge on any atom is 0.147 e. The first kappa shape index (κ1) is 8.32. The van der Waals surface area contributed by atoms with Crippen LogP contribution in [0.1, 0.15) is 5.56 Å². The van der Waals surface area contributed by atoms with E-state index in [1.54, 1.807) is 12.5 Å². The lowest BCUT2D eigenvalue weighted by atomic mass is 10.2. The fraction of sp³-hybridized carbons (Fsp3) is 0.100. The molecule has 0 fully saturated rings. The lowest BCUT2D eigenvalue weighted by molar-refractivity contribution is 1.06. The predicted octanol–water partition coefficient (Wildman–Crippen LogP) is 2.83. The fourth-order valence-corrected chi connectivity index (χ4v) is 1.31. The molecular formula is C10H9ClN2. The molecule has 0 aliphatic heterocycles. The molecule has 0 bridgehead atoms. The van der Waals surface area contributed by atoms with E-state index in [0.29, 0.717) is 5.15 Å². The molecule has 13 heavy (non-hydrogen) atoms. The van der Waals surface area contributed by atoms with Gasteiger partial charge >= 0.3 is 0 Å². The number of halogens is 1. The summed E-state index contributed by atoms with van der Waals surface area (Å²) in [6.07, 6.45) is 3.49. The van der Waals surface area contributed by atoms with Crippen molar-refractivity contribution in [3.63, 3.8) is 0 Å². The van der Waals surface area contributed by atoms with Gasteiger partial charge in [0.2, 0.25) is 0 Å². The van der Waals surface area contributed by atoms with Crippen molar-refractivity contribution < 1.29 is 0 Å². The van der Waals surface area contributed by atoms with Gasteiger partial charge in [-0.15, -0.1) is 0 Å². The van der Waals surface area contributed by atoms with Gasteiger partial charge in [0.15, 0.2) is 0 Å². The molecule has 66 valence electrons. The van der Waals surface area contributed by atoms with Crippen molar-refractivity contribution in [3.8, 4) is 5.69 Å². The number of aryl methyl sites for hydroxylation is 1. The summed E-state index contributed by atoms with van der Waals surface area (Å²) in [5.41, 5.74) is 2.32. The molecule has 1 aromatic carbocycles. The number of hydrogen-bond acceptors (Lipinski definition) is 1. The molecule has 1 heterocycles. The normalized spacial score (nSPS) is 10.3. The molecule has 2 nitrogen and oxygen atoms in total. The minimum Gasteiger partial charge on any atom is -0.305 e. The number of nitrogens with zero attached hydrogens (tertiary/aromatic N) is 2. The van der Waals surface area contributed by atoms with Crippen molar-refractivity contribution in [3.05, 3.63) is 47.5 Å². The molecule has 0 N–H and O–H groups in total. The topological polar surface area (TPSA) is 17.8 Å². The summed E-state index contributed by atoms with van der Waals surface area (Å²) in [7, 11) is 0. The minimum absolute atomic E-state index is 0.514. The first-order chi connectivity index (χ1) is 6.25. The zero-order valence-corrected chi connectivity index (χ0v) is 7.99. The molecule has 3 heteroatoms. The Morgan fingerprint density at radius 1 is 1.23 bits per heavy atom. The highest BCUT2D eigenvalue weighted by Gasteiger charge is 1.96. The third-order valence-electron chi connectivity index (χ3n) is 1.88. The van der Waals surface area contributed by atoms with E-state index in [0.717, 1.165) is 5.69 Å². The Morgan fingerprint density at radius 3 is 2.46 bits per heavy atom. The van der Waals surface area contributed by atoms with Crippen LogP contribution in [-0.4, -0.2) is 9.55 Å². The van der Waals surface area contributed by atoms with Crippen LogP contribution in [0.5, 0.6) is 0 Å². The Kier molecular flexibility index (Phi) is 2.07. The molecule has 1 aromatic heterocycles. The molecule has 0 radical (unpaired) electrons. The Hall–Kier alpha value is -1.28. The number of rotatable bonds is 1. The molecule has 0 saturated carbocycles. The van der Waals surface area contributed by atoms with Crippen LogP contribution >= 0.6 is 11.6 Å². The van der Waals surface area contributed by atoms with E-state index >= 15 is 0 Å². The van der Waals surface area contributed by atoms with Gasteiger partial charge in [-0.05, 0) is 19.1 Å². The second kappa shape index (κ2) is 3.23. The number of aromatic nitrogens is 2. The number of imidazole rings is 1. The molecule has 0 amide bonds. The third-order valence-corrected chi connectivity index (χ3v) is 2.08. The molecule has 2 rings (SSSR count). The molecule has 0 atom stereocenters. The van der Waals surface area contributed by atoms with Crippen LogP contribution in [0.25, 0.3) is 5.69 Å². The SMILES string of the molecule is Cc1ccc(-n2cnc(Cl)c2)cc1. The van der Waals surface area contributed by atoms with Gasteiger partial charge in [-0.25, -0.2) is 4.98 Å². The third kappa shape index (κ3) is 1.73. The van der Waals surface area contributed by atoms with E-state index in [4.69, 9.17) is 11.6 Å². The van der Waals surface area contributed by atoms with Crippen LogP contribution in [-0.2, 0) is 0 Å². The number of benzene rings is 1. The van der Waals surface area contributed by atoms with Crippen LogP contribution in [0, 0.1) is 6.92 Å². The van der Waals surface area contributed by atoms with Gasteiger partial charge in [0.05, 0.1) is 0 Å². The van der Waals surface area contributed by atoms with Crippen LogP contribution in [0.3, 0.4) is 0 Å². The molecule has 2 aromatic rings. The van der Waals surface area contributed by atoms with E-state index in [2.05, 4.69) is 24.0 Å². The Labute approximate surface area is 81.8 Å². The lowest BCUT2D eigenvalue weighted by Crippen LogP contribution is -1.88. The molecule has 0 unspecified atom stereocenters. The summed E-state index contributed by atoms with van der Waals surface area (Å²) in [5.74, 6) is 0. The maximum atomic E-state index is 5.71.